The lowest BCUT2D eigenvalue weighted by Crippen LogP contribution is -2.43. The molecule has 0 aromatic heterocycles. The van der Waals surface area contributed by atoms with Gasteiger partial charge in [-0.1, -0.05) is 0 Å². The van der Waals surface area contributed by atoms with E-state index in [2.05, 4.69) is 4.74 Å². The zero-order valence-corrected chi connectivity index (χ0v) is 10.7. The third-order valence-electron chi connectivity index (χ3n) is 2.12. The van der Waals surface area contributed by atoms with E-state index in [1.165, 1.54) is 0 Å². The van der Waals surface area contributed by atoms with Crippen LogP contribution >= 0.6 is 11.6 Å². The van der Waals surface area contributed by atoms with Crippen molar-refractivity contribution in [2.45, 2.75) is 24.5 Å². The minimum Gasteiger partial charge on any atom is -0.479 e. The monoisotopic (exact) mass is 298 g/mol. The molecule has 0 saturated carbocycles. The van der Waals surface area contributed by atoms with Crippen molar-refractivity contribution in [1.29, 1.82) is 0 Å². The van der Waals surface area contributed by atoms with Crippen molar-refractivity contribution in [1.82, 2.24) is 0 Å². The molecule has 0 fully saturated rings. The fraction of sp³-hybridized carbons (Fsp3) is 0.700. The highest BCUT2D eigenvalue weighted by atomic mass is 35.5. The third-order valence-corrected chi connectivity index (χ3v) is 2.47. The molecular formula is C10H15ClO8. The Morgan fingerprint density at radius 3 is 2.26 bits per heavy atom. The van der Waals surface area contributed by atoms with E-state index in [4.69, 9.17) is 26.9 Å². The number of esters is 1. The summed E-state index contributed by atoms with van der Waals surface area (Å²) in [6, 6.07) is 0. The maximum Gasteiger partial charge on any atom is 0.336 e. The molecule has 0 spiro atoms. The lowest BCUT2D eigenvalue weighted by molar-refractivity contribution is -0.170. The summed E-state index contributed by atoms with van der Waals surface area (Å²) >= 11 is 5.25. The minimum absolute atomic E-state index is 0.181. The van der Waals surface area contributed by atoms with Gasteiger partial charge >= 0.3 is 11.9 Å². The predicted molar refractivity (Wildman–Crippen MR) is 61.6 cm³/mol. The number of halogens is 1. The second kappa shape index (κ2) is 8.05. The topological polar surface area (TPSA) is 141 Å². The Bertz CT molecular complexity index is 344. The van der Waals surface area contributed by atoms with E-state index in [0.717, 1.165) is 0 Å². The number of aliphatic hydroxyl groups excluding tert-OH is 2. The zero-order chi connectivity index (χ0) is 15.1. The molecule has 0 aliphatic rings. The molecule has 0 amide bonds. The van der Waals surface area contributed by atoms with Crippen LogP contribution in [0.5, 0.6) is 0 Å². The first-order valence-electron chi connectivity index (χ1n) is 5.23. The Morgan fingerprint density at radius 1 is 1.26 bits per heavy atom. The quantitative estimate of drug-likeness (QED) is 0.291. The lowest BCUT2D eigenvalue weighted by Gasteiger charge is -2.21. The summed E-state index contributed by atoms with van der Waals surface area (Å²) in [5.74, 6) is -4.01. The van der Waals surface area contributed by atoms with E-state index in [1.54, 1.807) is 0 Å². The summed E-state index contributed by atoms with van der Waals surface area (Å²) in [4.78, 5) is 33.1. The van der Waals surface area contributed by atoms with Crippen LogP contribution < -0.4 is 0 Å². The largest absolute Gasteiger partial charge is 0.479 e. The zero-order valence-electron chi connectivity index (χ0n) is 9.91. The SMILES string of the molecule is O=C(CO)CC(O)(CC(=O)OCC(O)CCl)C(=O)O. The van der Waals surface area contributed by atoms with E-state index in [0.29, 0.717) is 0 Å². The highest BCUT2D eigenvalue weighted by Gasteiger charge is 2.41. The number of aliphatic hydroxyl groups is 3. The van der Waals surface area contributed by atoms with Gasteiger partial charge in [0.15, 0.2) is 11.4 Å². The molecule has 0 saturated heterocycles. The normalized spacial score (nSPS) is 15.4. The van der Waals surface area contributed by atoms with Crippen LogP contribution in [0.3, 0.4) is 0 Å². The van der Waals surface area contributed by atoms with Gasteiger partial charge in [0.1, 0.15) is 19.3 Å². The molecule has 2 unspecified atom stereocenters. The van der Waals surface area contributed by atoms with Gasteiger partial charge in [-0.3, -0.25) is 9.59 Å². The van der Waals surface area contributed by atoms with Gasteiger partial charge in [0.05, 0.1) is 12.3 Å². The molecule has 9 heteroatoms. The fourth-order valence-electron chi connectivity index (χ4n) is 1.12. The number of carboxylic acids is 1. The molecule has 0 aromatic carbocycles. The third kappa shape index (κ3) is 6.48. The molecule has 8 nitrogen and oxygen atoms in total. The second-order valence-electron chi connectivity index (χ2n) is 3.88. The molecule has 0 radical (unpaired) electrons. The summed E-state index contributed by atoms with van der Waals surface area (Å²) < 4.78 is 4.49. The smallest absolute Gasteiger partial charge is 0.336 e. The van der Waals surface area contributed by atoms with Crippen molar-refractivity contribution in [3.63, 3.8) is 0 Å². The molecule has 4 N–H and O–H groups in total. The Morgan fingerprint density at radius 2 is 1.84 bits per heavy atom. The number of carbonyl (C=O) groups excluding carboxylic acids is 2. The maximum atomic E-state index is 11.3. The maximum absolute atomic E-state index is 11.3. The summed E-state index contributed by atoms with van der Waals surface area (Å²) in [5, 5.41) is 36.0. The number of ether oxygens (including phenoxy) is 1. The number of aliphatic carboxylic acids is 1. The van der Waals surface area contributed by atoms with Crippen LogP contribution in [0.25, 0.3) is 0 Å². The first-order chi connectivity index (χ1) is 8.75. The van der Waals surface area contributed by atoms with Crippen molar-refractivity contribution in [2.75, 3.05) is 19.1 Å². The molecule has 110 valence electrons. The summed E-state index contributed by atoms with van der Waals surface area (Å²) in [6.45, 7) is -1.40. The highest BCUT2D eigenvalue weighted by Crippen LogP contribution is 2.17. The van der Waals surface area contributed by atoms with Crippen LogP contribution in [-0.2, 0) is 19.1 Å². The number of hydrogen-bond donors (Lipinski definition) is 4. The Balaban J connectivity index is 4.53. The Kier molecular flexibility index (Phi) is 7.53. The van der Waals surface area contributed by atoms with Crippen molar-refractivity contribution >= 4 is 29.3 Å². The number of ketones is 1. The van der Waals surface area contributed by atoms with Gasteiger partial charge in [0, 0.05) is 6.42 Å². The van der Waals surface area contributed by atoms with E-state index >= 15 is 0 Å². The summed E-state index contributed by atoms with van der Waals surface area (Å²) in [5.41, 5.74) is -2.65. The molecule has 0 aliphatic carbocycles. The molecule has 2 atom stereocenters. The van der Waals surface area contributed by atoms with Gasteiger partial charge < -0.3 is 25.2 Å². The average molecular weight is 299 g/mol. The van der Waals surface area contributed by atoms with Gasteiger partial charge in [0.2, 0.25) is 0 Å². The number of Topliss-reactive ketones (excluding diaryl/α,β-unsaturated/α-hetero) is 1. The molecule has 0 bridgehead atoms. The van der Waals surface area contributed by atoms with Crippen LogP contribution in [-0.4, -0.2) is 68.9 Å². The molecule has 0 rings (SSSR count). The lowest BCUT2D eigenvalue weighted by atomic mass is 9.93. The highest BCUT2D eigenvalue weighted by molar-refractivity contribution is 6.18. The van der Waals surface area contributed by atoms with Gasteiger partial charge in [-0.25, -0.2) is 4.79 Å². The van der Waals surface area contributed by atoms with Crippen LogP contribution in [0.15, 0.2) is 0 Å². The number of rotatable bonds is 9. The molecule has 0 aliphatic heterocycles. The number of hydrogen-bond acceptors (Lipinski definition) is 7. The van der Waals surface area contributed by atoms with Crippen LogP contribution in [0.2, 0.25) is 0 Å². The summed E-state index contributed by atoms with van der Waals surface area (Å²) in [7, 11) is 0. The second-order valence-corrected chi connectivity index (χ2v) is 4.19. The standard InChI is InChI=1S/C10H15ClO8/c11-3-7(14)5-19-8(15)2-10(18,9(16)17)1-6(13)4-12/h7,12,14,18H,1-5H2,(H,16,17). The molecular weight excluding hydrogens is 284 g/mol. The number of alkyl halides is 1. The van der Waals surface area contributed by atoms with Gasteiger partial charge in [0.25, 0.3) is 0 Å². The van der Waals surface area contributed by atoms with Crippen molar-refractivity contribution in [3.8, 4) is 0 Å². The van der Waals surface area contributed by atoms with E-state index < -0.39 is 55.5 Å². The fourth-order valence-corrected chi connectivity index (χ4v) is 1.21. The molecule has 19 heavy (non-hydrogen) atoms. The Hall–Kier alpha value is -1.22. The van der Waals surface area contributed by atoms with Crippen LogP contribution in [0, 0.1) is 0 Å². The minimum atomic E-state index is -2.65. The molecule has 0 aromatic rings. The van der Waals surface area contributed by atoms with E-state index in [1.807, 2.05) is 0 Å². The average Bonchev–Trinajstić information content (AvgIpc) is 2.35. The van der Waals surface area contributed by atoms with Crippen molar-refractivity contribution in [2.24, 2.45) is 0 Å². The number of carboxylic acid groups (broad SMARTS) is 1. The van der Waals surface area contributed by atoms with Gasteiger partial charge in [-0.05, 0) is 0 Å². The predicted octanol–water partition coefficient (Wildman–Crippen LogP) is -1.71. The summed E-state index contributed by atoms with van der Waals surface area (Å²) in [6.07, 6.45) is -3.02. The van der Waals surface area contributed by atoms with Gasteiger partial charge in [-0.2, -0.15) is 0 Å². The van der Waals surface area contributed by atoms with Crippen molar-refractivity contribution in [3.05, 3.63) is 0 Å². The van der Waals surface area contributed by atoms with Gasteiger partial charge in [-0.15, -0.1) is 11.6 Å². The van der Waals surface area contributed by atoms with Crippen LogP contribution in [0.1, 0.15) is 12.8 Å². The van der Waals surface area contributed by atoms with Crippen LogP contribution in [0.4, 0.5) is 0 Å². The Labute approximate surface area is 113 Å². The van der Waals surface area contributed by atoms with Crippen molar-refractivity contribution < 1.29 is 39.5 Å². The first kappa shape index (κ1) is 17.8. The van der Waals surface area contributed by atoms with E-state index in [-0.39, 0.29) is 5.88 Å². The first-order valence-corrected chi connectivity index (χ1v) is 5.76. The number of carbonyl (C=O) groups is 3. The molecule has 0 heterocycles. The van der Waals surface area contributed by atoms with E-state index in [9.17, 15) is 19.5 Å².